The predicted octanol–water partition coefficient (Wildman–Crippen LogP) is 1.52. The first kappa shape index (κ1) is 13.2. The molecule has 0 radical (unpaired) electrons. The third kappa shape index (κ3) is 2.44. The molecule has 1 aromatic rings. The van der Waals surface area contributed by atoms with Crippen LogP contribution in [0.4, 0.5) is 8.78 Å². The molecule has 1 aliphatic heterocycles. The van der Waals surface area contributed by atoms with Gasteiger partial charge in [0.25, 0.3) is 17.9 Å². The predicted molar refractivity (Wildman–Crippen MR) is 66.9 cm³/mol. The van der Waals surface area contributed by atoms with E-state index in [4.69, 9.17) is 0 Å². The second-order valence-electron chi connectivity index (χ2n) is 5.33. The summed E-state index contributed by atoms with van der Waals surface area (Å²) >= 11 is 0. The van der Waals surface area contributed by atoms with E-state index in [1.54, 1.807) is 0 Å². The van der Waals surface area contributed by atoms with Gasteiger partial charge in [-0.15, -0.1) is 0 Å². The molecular formula is C13H15F2N3O2. The Labute approximate surface area is 114 Å². The quantitative estimate of drug-likeness (QED) is 0.914. The van der Waals surface area contributed by atoms with Crippen LogP contribution in [0, 0.1) is 0 Å². The van der Waals surface area contributed by atoms with Crippen molar-refractivity contribution in [1.29, 1.82) is 0 Å². The van der Waals surface area contributed by atoms with Gasteiger partial charge in [-0.1, -0.05) is 0 Å². The number of nitrogens with one attached hydrogen (secondary N) is 1. The van der Waals surface area contributed by atoms with Crippen molar-refractivity contribution in [3.05, 3.63) is 27.9 Å². The van der Waals surface area contributed by atoms with Crippen molar-refractivity contribution in [3.8, 4) is 0 Å². The summed E-state index contributed by atoms with van der Waals surface area (Å²) in [4.78, 5) is 31.7. The lowest BCUT2D eigenvalue weighted by Crippen LogP contribution is -2.40. The number of aromatic nitrogens is 2. The van der Waals surface area contributed by atoms with Gasteiger partial charge in [-0.25, -0.2) is 13.8 Å². The number of hydrogen-bond donors (Lipinski definition) is 1. The average molecular weight is 283 g/mol. The number of H-pyrrole nitrogens is 1. The Morgan fingerprint density at radius 1 is 1.40 bits per heavy atom. The number of likely N-dealkylation sites (tertiary alicyclic amines) is 1. The number of carbonyl (C=O) groups is 1. The molecule has 5 nitrogen and oxygen atoms in total. The lowest BCUT2D eigenvalue weighted by atomic mass is 10.2. The summed E-state index contributed by atoms with van der Waals surface area (Å²) in [6, 6.07) is 0.0303. The van der Waals surface area contributed by atoms with E-state index < -0.39 is 23.9 Å². The van der Waals surface area contributed by atoms with Crippen LogP contribution in [0.25, 0.3) is 0 Å². The third-order valence-corrected chi connectivity index (χ3v) is 3.79. The highest BCUT2D eigenvalue weighted by Crippen LogP contribution is 2.37. The minimum atomic E-state index is -2.56. The highest BCUT2D eigenvalue weighted by molar-refractivity contribution is 5.92. The van der Waals surface area contributed by atoms with E-state index in [0.29, 0.717) is 25.2 Å². The van der Waals surface area contributed by atoms with Gasteiger partial charge in [-0.2, -0.15) is 0 Å². The average Bonchev–Trinajstić information content (AvgIpc) is 3.14. The monoisotopic (exact) mass is 283 g/mol. The van der Waals surface area contributed by atoms with Crippen LogP contribution in [0.3, 0.4) is 0 Å². The van der Waals surface area contributed by atoms with Crippen LogP contribution < -0.4 is 5.56 Å². The van der Waals surface area contributed by atoms with E-state index in [-0.39, 0.29) is 11.6 Å². The van der Waals surface area contributed by atoms with E-state index >= 15 is 0 Å². The van der Waals surface area contributed by atoms with Crippen LogP contribution in [-0.2, 0) is 0 Å². The van der Waals surface area contributed by atoms with Crippen LogP contribution in [0.1, 0.15) is 47.9 Å². The van der Waals surface area contributed by atoms with E-state index in [2.05, 4.69) is 9.97 Å². The minimum absolute atomic E-state index is 0.0248. The molecule has 2 aliphatic rings. The Morgan fingerprint density at radius 2 is 2.15 bits per heavy atom. The molecule has 0 unspecified atom stereocenters. The first-order valence-corrected chi connectivity index (χ1v) is 6.76. The first-order chi connectivity index (χ1) is 9.56. The van der Waals surface area contributed by atoms with Crippen molar-refractivity contribution < 1.29 is 13.6 Å². The molecule has 1 N–H and O–H groups in total. The fourth-order valence-corrected chi connectivity index (χ4v) is 2.59. The van der Waals surface area contributed by atoms with Gasteiger partial charge in [0, 0.05) is 18.5 Å². The summed E-state index contributed by atoms with van der Waals surface area (Å²) in [7, 11) is 0. The van der Waals surface area contributed by atoms with E-state index in [1.165, 1.54) is 0 Å². The van der Waals surface area contributed by atoms with Crippen molar-refractivity contribution >= 4 is 5.91 Å². The van der Waals surface area contributed by atoms with Crippen molar-refractivity contribution in [2.24, 2.45) is 0 Å². The Bertz CT molecular complexity index is 583. The molecule has 20 heavy (non-hydrogen) atoms. The molecule has 1 aromatic heterocycles. The van der Waals surface area contributed by atoms with Crippen LogP contribution in [0.15, 0.2) is 10.9 Å². The van der Waals surface area contributed by atoms with Gasteiger partial charge in [0.15, 0.2) is 0 Å². The Morgan fingerprint density at radius 3 is 2.80 bits per heavy atom. The van der Waals surface area contributed by atoms with Crippen LogP contribution in [-0.4, -0.2) is 39.8 Å². The highest BCUT2D eigenvalue weighted by Gasteiger charge is 2.36. The zero-order chi connectivity index (χ0) is 14.3. The van der Waals surface area contributed by atoms with Gasteiger partial charge in [0.05, 0.1) is 6.04 Å². The van der Waals surface area contributed by atoms with Crippen LogP contribution >= 0.6 is 0 Å². The first-order valence-electron chi connectivity index (χ1n) is 6.76. The Balaban J connectivity index is 1.88. The number of rotatable bonds is 3. The number of amides is 1. The zero-order valence-corrected chi connectivity index (χ0v) is 10.8. The molecule has 0 spiro atoms. The Kier molecular flexibility index (Phi) is 3.27. The van der Waals surface area contributed by atoms with Gasteiger partial charge in [0.1, 0.15) is 11.5 Å². The molecule has 0 bridgehead atoms. The lowest BCUT2D eigenvalue weighted by molar-refractivity contribution is 0.0358. The van der Waals surface area contributed by atoms with Crippen molar-refractivity contribution in [2.75, 3.05) is 6.54 Å². The van der Waals surface area contributed by atoms with E-state index in [1.807, 2.05) is 0 Å². The number of halogens is 2. The molecule has 2 fully saturated rings. The molecule has 1 aliphatic carbocycles. The summed E-state index contributed by atoms with van der Waals surface area (Å²) in [6.45, 7) is 0.293. The number of alkyl halides is 2. The Hall–Kier alpha value is -1.79. The van der Waals surface area contributed by atoms with Gasteiger partial charge < -0.3 is 9.88 Å². The van der Waals surface area contributed by atoms with Gasteiger partial charge >= 0.3 is 0 Å². The maximum atomic E-state index is 12.9. The molecule has 1 amide bonds. The maximum absolute atomic E-state index is 12.9. The molecule has 3 rings (SSSR count). The van der Waals surface area contributed by atoms with Crippen molar-refractivity contribution in [2.45, 2.75) is 44.1 Å². The maximum Gasteiger partial charge on any atom is 0.273 e. The molecular weight excluding hydrogens is 268 g/mol. The SMILES string of the molecule is O=C(c1cc(=O)[nH]c(C2CC2)n1)N1CCC[C@@H]1C(F)F. The molecule has 108 valence electrons. The summed E-state index contributed by atoms with van der Waals surface area (Å²) in [5, 5.41) is 0. The molecule has 1 atom stereocenters. The lowest BCUT2D eigenvalue weighted by Gasteiger charge is -2.23. The zero-order valence-electron chi connectivity index (χ0n) is 10.8. The second-order valence-corrected chi connectivity index (χ2v) is 5.33. The standard InChI is InChI=1S/C13H15F2N3O2/c14-11(15)9-2-1-5-18(9)13(20)8-6-10(19)17-12(16-8)7-3-4-7/h6-7,9,11H,1-5H2,(H,16,17,19)/t9-/m1/s1. The van der Waals surface area contributed by atoms with Gasteiger partial charge in [-0.3, -0.25) is 9.59 Å². The van der Waals surface area contributed by atoms with Gasteiger partial charge in [0.2, 0.25) is 0 Å². The van der Waals surface area contributed by atoms with Gasteiger partial charge in [-0.05, 0) is 25.7 Å². The largest absolute Gasteiger partial charge is 0.329 e. The topological polar surface area (TPSA) is 66.1 Å². The molecule has 1 saturated heterocycles. The third-order valence-electron chi connectivity index (χ3n) is 3.79. The number of aromatic amines is 1. The van der Waals surface area contributed by atoms with E-state index in [0.717, 1.165) is 23.8 Å². The normalized spacial score (nSPS) is 22.6. The second kappa shape index (κ2) is 4.96. The summed E-state index contributed by atoms with van der Waals surface area (Å²) in [6.07, 6.45) is 0.154. The smallest absolute Gasteiger partial charge is 0.273 e. The molecule has 0 aromatic carbocycles. The minimum Gasteiger partial charge on any atom is -0.329 e. The van der Waals surface area contributed by atoms with Crippen molar-refractivity contribution in [3.63, 3.8) is 0 Å². The number of carbonyl (C=O) groups excluding carboxylic acids is 1. The van der Waals surface area contributed by atoms with Crippen LogP contribution in [0.5, 0.6) is 0 Å². The number of nitrogens with zero attached hydrogens (tertiary/aromatic N) is 2. The fourth-order valence-electron chi connectivity index (χ4n) is 2.59. The molecule has 2 heterocycles. The van der Waals surface area contributed by atoms with Crippen molar-refractivity contribution in [1.82, 2.24) is 14.9 Å². The highest BCUT2D eigenvalue weighted by atomic mass is 19.3. The van der Waals surface area contributed by atoms with E-state index in [9.17, 15) is 18.4 Å². The fraction of sp³-hybridized carbons (Fsp3) is 0.615. The molecule has 1 saturated carbocycles. The molecule has 7 heteroatoms. The van der Waals surface area contributed by atoms with Crippen LogP contribution in [0.2, 0.25) is 0 Å². The summed E-state index contributed by atoms with van der Waals surface area (Å²) in [5.74, 6) is 0.120. The number of hydrogen-bond acceptors (Lipinski definition) is 3. The summed E-state index contributed by atoms with van der Waals surface area (Å²) in [5.41, 5.74) is -0.429. The summed E-state index contributed by atoms with van der Waals surface area (Å²) < 4.78 is 25.8.